The Morgan fingerprint density at radius 3 is 2.24 bits per heavy atom. The molecule has 0 saturated heterocycles. The topological polar surface area (TPSA) is 54.5 Å². The second-order valence-corrected chi connectivity index (χ2v) is 7.84. The number of amides is 1. The minimum atomic E-state index is -3.32. The third-order valence-corrected chi connectivity index (χ3v) is 5.04. The van der Waals surface area contributed by atoms with E-state index in [1.54, 1.807) is 17.0 Å². The fourth-order valence-electron chi connectivity index (χ4n) is 2.19. The Labute approximate surface area is 128 Å². The van der Waals surface area contributed by atoms with Crippen molar-refractivity contribution in [3.8, 4) is 0 Å². The first-order chi connectivity index (χ1) is 9.59. The smallest absolute Gasteiger partial charge is 0.254 e. The van der Waals surface area contributed by atoms with Crippen LogP contribution in [-0.4, -0.2) is 38.1 Å². The van der Waals surface area contributed by atoms with Gasteiger partial charge in [0.25, 0.3) is 5.91 Å². The molecule has 1 atom stereocenters. The summed E-state index contributed by atoms with van der Waals surface area (Å²) >= 11 is 0. The summed E-state index contributed by atoms with van der Waals surface area (Å²) in [6, 6.07) is 4.83. The van der Waals surface area contributed by atoms with Gasteiger partial charge >= 0.3 is 0 Å². The molecule has 4 nitrogen and oxygen atoms in total. The van der Waals surface area contributed by atoms with Crippen molar-refractivity contribution in [3.05, 3.63) is 29.3 Å². The quantitative estimate of drug-likeness (QED) is 0.840. The molecule has 0 N–H and O–H groups in total. The molecule has 1 amide bonds. The van der Waals surface area contributed by atoms with E-state index in [0.29, 0.717) is 18.0 Å². The molecule has 5 heteroatoms. The second-order valence-electron chi connectivity index (χ2n) is 5.82. The maximum absolute atomic E-state index is 12.8. The van der Waals surface area contributed by atoms with E-state index < -0.39 is 9.84 Å². The Morgan fingerprint density at radius 2 is 1.81 bits per heavy atom. The van der Waals surface area contributed by atoms with Crippen molar-refractivity contribution in [2.75, 3.05) is 12.8 Å². The van der Waals surface area contributed by atoms with Crippen molar-refractivity contribution in [3.63, 3.8) is 0 Å². The molecule has 0 aliphatic rings. The van der Waals surface area contributed by atoms with Crippen LogP contribution in [0, 0.1) is 12.8 Å². The van der Waals surface area contributed by atoms with E-state index in [1.807, 2.05) is 20.8 Å². The number of benzene rings is 1. The molecule has 0 aliphatic carbocycles. The molecule has 0 bridgehead atoms. The number of hydrogen-bond acceptors (Lipinski definition) is 3. The zero-order valence-corrected chi connectivity index (χ0v) is 14.5. The molecule has 1 aromatic rings. The van der Waals surface area contributed by atoms with Crippen LogP contribution in [0.1, 0.15) is 43.6 Å². The minimum Gasteiger partial charge on any atom is -0.336 e. The van der Waals surface area contributed by atoms with Crippen molar-refractivity contribution in [1.82, 2.24) is 4.90 Å². The summed E-state index contributed by atoms with van der Waals surface area (Å²) in [4.78, 5) is 14.7. The summed E-state index contributed by atoms with van der Waals surface area (Å²) in [5.41, 5.74) is 1.26. The summed E-state index contributed by atoms with van der Waals surface area (Å²) in [7, 11) is -3.32. The fourth-order valence-corrected chi connectivity index (χ4v) is 2.84. The van der Waals surface area contributed by atoms with Crippen molar-refractivity contribution in [2.24, 2.45) is 5.92 Å². The van der Waals surface area contributed by atoms with Gasteiger partial charge in [0.2, 0.25) is 0 Å². The van der Waals surface area contributed by atoms with Crippen molar-refractivity contribution in [2.45, 2.75) is 45.6 Å². The van der Waals surface area contributed by atoms with E-state index in [2.05, 4.69) is 13.8 Å². The molecule has 1 unspecified atom stereocenters. The van der Waals surface area contributed by atoms with E-state index in [9.17, 15) is 13.2 Å². The highest BCUT2D eigenvalue weighted by atomic mass is 32.2. The molecule has 0 heterocycles. The zero-order valence-electron chi connectivity index (χ0n) is 13.7. The lowest BCUT2D eigenvalue weighted by Gasteiger charge is -2.31. The van der Waals surface area contributed by atoms with E-state index in [-0.39, 0.29) is 16.8 Å². The minimum absolute atomic E-state index is 0.101. The molecule has 0 aromatic heterocycles. The summed E-state index contributed by atoms with van der Waals surface area (Å²) in [6.07, 6.45) is 1.15. The van der Waals surface area contributed by atoms with E-state index >= 15 is 0 Å². The average molecular weight is 311 g/mol. The van der Waals surface area contributed by atoms with Crippen LogP contribution in [-0.2, 0) is 9.84 Å². The van der Waals surface area contributed by atoms with E-state index in [0.717, 1.165) is 11.8 Å². The van der Waals surface area contributed by atoms with Gasteiger partial charge in [0.05, 0.1) is 4.90 Å². The molecular formula is C16H25NO3S. The summed E-state index contributed by atoms with van der Waals surface area (Å²) in [5, 5.41) is 0. The molecule has 1 rings (SSSR count). The normalized spacial score (nSPS) is 13.3. The number of nitrogens with zero attached hydrogens (tertiary/aromatic N) is 1. The van der Waals surface area contributed by atoms with Gasteiger partial charge in [-0.05, 0) is 44.4 Å². The van der Waals surface area contributed by atoms with Gasteiger partial charge in [-0.25, -0.2) is 8.42 Å². The largest absolute Gasteiger partial charge is 0.336 e. The van der Waals surface area contributed by atoms with Crippen LogP contribution in [0.2, 0.25) is 0 Å². The first-order valence-corrected chi connectivity index (χ1v) is 9.10. The van der Waals surface area contributed by atoms with Crippen LogP contribution in [0.25, 0.3) is 0 Å². The first-order valence-electron chi connectivity index (χ1n) is 7.21. The van der Waals surface area contributed by atoms with Crippen LogP contribution < -0.4 is 0 Å². The van der Waals surface area contributed by atoms with Gasteiger partial charge in [-0.1, -0.05) is 19.9 Å². The van der Waals surface area contributed by atoms with Crippen LogP contribution in [0.3, 0.4) is 0 Å². The van der Waals surface area contributed by atoms with Crippen molar-refractivity contribution in [1.29, 1.82) is 0 Å². The summed E-state index contributed by atoms with van der Waals surface area (Å²) < 4.78 is 23.4. The Hall–Kier alpha value is -1.36. The Morgan fingerprint density at radius 1 is 1.24 bits per heavy atom. The first kappa shape index (κ1) is 17.7. The maximum atomic E-state index is 12.8. The maximum Gasteiger partial charge on any atom is 0.254 e. The highest BCUT2D eigenvalue weighted by Gasteiger charge is 2.24. The van der Waals surface area contributed by atoms with Gasteiger partial charge in [-0.3, -0.25) is 4.79 Å². The molecule has 1 aromatic carbocycles. The molecule has 118 valence electrons. The van der Waals surface area contributed by atoms with Crippen LogP contribution in [0.5, 0.6) is 0 Å². The SMILES string of the molecule is CCN(C(=O)c1cc(S(C)(=O)=O)ccc1C)C(C)C(C)C. The van der Waals surface area contributed by atoms with Gasteiger partial charge in [0.15, 0.2) is 9.84 Å². The Balaban J connectivity index is 3.28. The summed E-state index contributed by atoms with van der Waals surface area (Å²) in [5.74, 6) is 0.231. The number of carbonyl (C=O) groups is 1. The average Bonchev–Trinajstić information content (AvgIpc) is 2.38. The Bertz CT molecular complexity index is 620. The lowest BCUT2D eigenvalue weighted by atomic mass is 10.0. The number of hydrogen-bond donors (Lipinski definition) is 0. The monoisotopic (exact) mass is 311 g/mol. The summed E-state index contributed by atoms with van der Waals surface area (Å²) in [6.45, 7) is 10.5. The number of rotatable bonds is 5. The zero-order chi connectivity index (χ0) is 16.4. The highest BCUT2D eigenvalue weighted by molar-refractivity contribution is 7.90. The predicted octanol–water partition coefficient (Wildman–Crippen LogP) is 2.91. The van der Waals surface area contributed by atoms with Gasteiger partial charge in [-0.2, -0.15) is 0 Å². The van der Waals surface area contributed by atoms with Gasteiger partial charge in [-0.15, -0.1) is 0 Å². The van der Waals surface area contributed by atoms with Crippen LogP contribution >= 0.6 is 0 Å². The Kier molecular flexibility index (Phi) is 5.56. The lowest BCUT2D eigenvalue weighted by Crippen LogP contribution is -2.41. The molecule has 0 fully saturated rings. The molecule has 21 heavy (non-hydrogen) atoms. The lowest BCUT2D eigenvalue weighted by molar-refractivity contribution is 0.0659. The van der Waals surface area contributed by atoms with E-state index in [1.165, 1.54) is 6.07 Å². The number of sulfone groups is 1. The number of aryl methyl sites for hydroxylation is 1. The standard InChI is InChI=1S/C16H25NO3S/c1-7-17(13(5)11(2)3)16(18)15-10-14(21(6,19)20)9-8-12(15)4/h8-11,13H,7H2,1-6H3. The van der Waals surface area contributed by atoms with Crippen LogP contribution in [0.4, 0.5) is 0 Å². The van der Waals surface area contributed by atoms with Crippen LogP contribution in [0.15, 0.2) is 23.1 Å². The predicted molar refractivity (Wildman–Crippen MR) is 85.3 cm³/mol. The third kappa shape index (κ3) is 4.06. The van der Waals surface area contributed by atoms with Gasteiger partial charge in [0.1, 0.15) is 0 Å². The molecular weight excluding hydrogens is 286 g/mol. The van der Waals surface area contributed by atoms with Crippen molar-refractivity contribution >= 4 is 15.7 Å². The molecule has 0 aliphatic heterocycles. The van der Waals surface area contributed by atoms with Gasteiger partial charge < -0.3 is 4.90 Å². The highest BCUT2D eigenvalue weighted by Crippen LogP contribution is 2.20. The molecule has 0 radical (unpaired) electrons. The van der Waals surface area contributed by atoms with E-state index in [4.69, 9.17) is 0 Å². The molecule has 0 saturated carbocycles. The fraction of sp³-hybridized carbons (Fsp3) is 0.562. The molecule has 0 spiro atoms. The number of carbonyl (C=O) groups excluding carboxylic acids is 1. The third-order valence-electron chi connectivity index (χ3n) is 3.93. The van der Waals surface area contributed by atoms with Gasteiger partial charge in [0, 0.05) is 24.4 Å². The van der Waals surface area contributed by atoms with Crippen molar-refractivity contribution < 1.29 is 13.2 Å². The second kappa shape index (κ2) is 6.60.